The molecule has 3 heterocycles. The fraction of sp³-hybridized carbons (Fsp3) is 0.714. The molecule has 0 spiro atoms. The molecule has 118 valence electrons. The van der Waals surface area contributed by atoms with Gasteiger partial charge in [-0.25, -0.2) is 8.42 Å². The Morgan fingerprint density at radius 2 is 2.29 bits per heavy atom. The van der Waals surface area contributed by atoms with Crippen molar-refractivity contribution in [3.05, 3.63) is 17.5 Å². The molecule has 2 saturated heterocycles. The van der Waals surface area contributed by atoms with Crippen molar-refractivity contribution in [2.75, 3.05) is 19.8 Å². The normalized spacial score (nSPS) is 30.4. The van der Waals surface area contributed by atoms with Crippen LogP contribution in [0.4, 0.5) is 0 Å². The lowest BCUT2D eigenvalue weighted by Gasteiger charge is -2.35. The smallest absolute Gasteiger partial charge is 0.252 e. The number of thiophene rings is 1. The molecule has 0 radical (unpaired) electrons. The molecule has 0 amide bonds. The maximum absolute atomic E-state index is 12.7. The van der Waals surface area contributed by atoms with Gasteiger partial charge in [0.2, 0.25) is 0 Å². The first kappa shape index (κ1) is 15.4. The van der Waals surface area contributed by atoms with Crippen LogP contribution in [0.2, 0.25) is 0 Å². The second kappa shape index (κ2) is 6.34. The lowest BCUT2D eigenvalue weighted by Crippen LogP contribution is -2.45. The van der Waals surface area contributed by atoms with E-state index in [9.17, 15) is 8.42 Å². The van der Waals surface area contributed by atoms with Crippen LogP contribution in [-0.4, -0.2) is 50.7 Å². The molecular formula is C14H21NO4S2. The van der Waals surface area contributed by atoms with Gasteiger partial charge in [0.15, 0.2) is 0 Å². The van der Waals surface area contributed by atoms with E-state index in [0.29, 0.717) is 24.0 Å². The average molecular weight is 331 g/mol. The summed E-state index contributed by atoms with van der Waals surface area (Å²) in [6.07, 6.45) is 2.61. The zero-order valence-corrected chi connectivity index (χ0v) is 13.7. The minimum atomic E-state index is -3.36. The van der Waals surface area contributed by atoms with Crippen LogP contribution >= 0.6 is 11.3 Å². The first-order chi connectivity index (χ1) is 10.1. The van der Waals surface area contributed by atoms with Gasteiger partial charge in [0.1, 0.15) is 4.21 Å². The monoisotopic (exact) mass is 331 g/mol. The van der Waals surface area contributed by atoms with Gasteiger partial charge >= 0.3 is 0 Å². The van der Waals surface area contributed by atoms with Gasteiger partial charge in [-0.15, -0.1) is 11.3 Å². The molecule has 21 heavy (non-hydrogen) atoms. The van der Waals surface area contributed by atoms with E-state index in [1.54, 1.807) is 21.8 Å². The van der Waals surface area contributed by atoms with Crippen molar-refractivity contribution in [1.29, 1.82) is 0 Å². The maximum Gasteiger partial charge on any atom is 0.252 e. The number of rotatable bonds is 5. The van der Waals surface area contributed by atoms with Gasteiger partial charge in [-0.1, -0.05) is 6.07 Å². The molecule has 3 rings (SSSR count). The third-order valence-electron chi connectivity index (χ3n) is 4.15. The van der Waals surface area contributed by atoms with Crippen LogP contribution in [0.5, 0.6) is 0 Å². The largest absolute Gasteiger partial charge is 0.379 e. The molecule has 1 aromatic heterocycles. The second-order valence-corrected chi connectivity index (χ2v) is 8.50. The summed E-state index contributed by atoms with van der Waals surface area (Å²) in [5.41, 5.74) is 0. The average Bonchev–Trinajstić information content (AvgIpc) is 3.14. The molecule has 0 unspecified atom stereocenters. The predicted octanol–water partition coefficient (Wildman–Crippen LogP) is 2.10. The quantitative estimate of drug-likeness (QED) is 0.829. The Balaban J connectivity index is 1.69. The molecule has 2 aliphatic rings. The molecular weight excluding hydrogens is 310 g/mol. The van der Waals surface area contributed by atoms with Gasteiger partial charge in [-0.3, -0.25) is 0 Å². The highest BCUT2D eigenvalue weighted by atomic mass is 32.2. The summed E-state index contributed by atoms with van der Waals surface area (Å²) in [7, 11) is -3.36. The van der Waals surface area contributed by atoms with Crippen molar-refractivity contribution < 1.29 is 17.9 Å². The summed E-state index contributed by atoms with van der Waals surface area (Å²) in [4.78, 5) is 0. The van der Waals surface area contributed by atoms with Crippen LogP contribution in [0.25, 0.3) is 0 Å². The lowest BCUT2D eigenvalue weighted by atomic mass is 10.0. The Morgan fingerprint density at radius 3 is 3.00 bits per heavy atom. The standard InChI is InChI=1S/C14H21NO4S2/c1-2-18-10-11-5-6-12-13(19-11)7-8-15(12)21(16,17)14-4-3-9-20-14/h3-4,9,11-13H,2,5-8,10H2,1H3/t11-,12+,13+/m0/s1. The van der Waals surface area contributed by atoms with Crippen molar-refractivity contribution in [2.45, 2.75) is 48.6 Å². The molecule has 2 aliphatic heterocycles. The minimum Gasteiger partial charge on any atom is -0.379 e. The zero-order chi connectivity index (χ0) is 14.9. The lowest BCUT2D eigenvalue weighted by molar-refractivity contribution is -0.0923. The van der Waals surface area contributed by atoms with Crippen molar-refractivity contribution in [2.24, 2.45) is 0 Å². The second-order valence-electron chi connectivity index (χ2n) is 5.44. The topological polar surface area (TPSA) is 55.8 Å². The highest BCUT2D eigenvalue weighted by Crippen LogP contribution is 2.36. The maximum atomic E-state index is 12.7. The summed E-state index contributed by atoms with van der Waals surface area (Å²) in [5.74, 6) is 0. The molecule has 1 aromatic rings. The van der Waals surface area contributed by atoms with Gasteiger partial charge in [0, 0.05) is 13.2 Å². The molecule has 0 aliphatic carbocycles. The molecule has 0 N–H and O–H groups in total. The van der Waals surface area contributed by atoms with Gasteiger partial charge in [0.25, 0.3) is 10.0 Å². The van der Waals surface area contributed by atoms with Gasteiger partial charge < -0.3 is 9.47 Å². The van der Waals surface area contributed by atoms with E-state index in [-0.39, 0.29) is 18.2 Å². The van der Waals surface area contributed by atoms with Gasteiger partial charge in [0.05, 0.1) is 24.9 Å². The number of hydrogen-bond acceptors (Lipinski definition) is 5. The summed E-state index contributed by atoms with van der Waals surface area (Å²) in [6, 6.07) is 3.44. The third-order valence-corrected chi connectivity index (χ3v) is 7.45. The number of sulfonamides is 1. The molecule has 3 atom stereocenters. The Morgan fingerprint density at radius 1 is 1.43 bits per heavy atom. The first-order valence-corrected chi connectivity index (χ1v) is 9.73. The van der Waals surface area contributed by atoms with E-state index >= 15 is 0 Å². The Bertz CT molecular complexity index is 558. The molecule has 0 bridgehead atoms. The van der Waals surface area contributed by atoms with E-state index in [0.717, 1.165) is 19.3 Å². The zero-order valence-electron chi connectivity index (χ0n) is 12.1. The van der Waals surface area contributed by atoms with Gasteiger partial charge in [-0.2, -0.15) is 4.31 Å². The fourth-order valence-corrected chi connectivity index (χ4v) is 5.97. The minimum absolute atomic E-state index is 0.0129. The Kier molecular flexibility index (Phi) is 4.66. The van der Waals surface area contributed by atoms with E-state index in [2.05, 4.69) is 0 Å². The van der Waals surface area contributed by atoms with E-state index < -0.39 is 10.0 Å². The van der Waals surface area contributed by atoms with E-state index in [1.807, 2.05) is 6.92 Å². The van der Waals surface area contributed by atoms with Crippen LogP contribution < -0.4 is 0 Å². The molecule has 2 fully saturated rings. The predicted molar refractivity (Wildman–Crippen MR) is 81.0 cm³/mol. The van der Waals surface area contributed by atoms with Crippen LogP contribution in [0.15, 0.2) is 21.7 Å². The highest BCUT2D eigenvalue weighted by molar-refractivity contribution is 7.91. The first-order valence-electron chi connectivity index (χ1n) is 7.41. The summed E-state index contributed by atoms with van der Waals surface area (Å²) in [5, 5.41) is 1.80. The Hall–Kier alpha value is -0.470. The van der Waals surface area contributed by atoms with Crippen LogP contribution in [0.1, 0.15) is 26.2 Å². The SMILES string of the molecule is CCOC[C@@H]1CC[C@@H]2[C@@H](CCN2S(=O)(=O)c2cccs2)O1. The summed E-state index contributed by atoms with van der Waals surface area (Å²) < 4.78 is 38.8. The highest BCUT2D eigenvalue weighted by Gasteiger charge is 2.45. The van der Waals surface area contributed by atoms with E-state index in [4.69, 9.17) is 9.47 Å². The number of hydrogen-bond donors (Lipinski definition) is 0. The Labute approximate surface area is 129 Å². The van der Waals surface area contributed by atoms with Crippen molar-refractivity contribution in [3.63, 3.8) is 0 Å². The van der Waals surface area contributed by atoms with Gasteiger partial charge in [-0.05, 0) is 37.6 Å². The third kappa shape index (κ3) is 3.03. The van der Waals surface area contributed by atoms with Crippen LogP contribution in [0.3, 0.4) is 0 Å². The van der Waals surface area contributed by atoms with Crippen molar-refractivity contribution >= 4 is 21.4 Å². The van der Waals surface area contributed by atoms with Crippen molar-refractivity contribution in [3.8, 4) is 0 Å². The molecule has 5 nitrogen and oxygen atoms in total. The molecule has 7 heteroatoms. The number of fused-ring (bicyclic) bond motifs is 1. The summed E-state index contributed by atoms with van der Waals surface area (Å²) >= 11 is 1.28. The van der Waals surface area contributed by atoms with Crippen LogP contribution in [0, 0.1) is 0 Å². The van der Waals surface area contributed by atoms with Crippen molar-refractivity contribution in [1.82, 2.24) is 4.31 Å². The summed E-state index contributed by atoms with van der Waals surface area (Å²) in [6.45, 7) is 3.82. The number of ether oxygens (including phenoxy) is 2. The molecule has 0 aromatic carbocycles. The molecule has 0 saturated carbocycles. The number of nitrogens with zero attached hydrogens (tertiary/aromatic N) is 1. The fourth-order valence-electron chi connectivity index (χ4n) is 3.15. The van der Waals surface area contributed by atoms with E-state index in [1.165, 1.54) is 11.3 Å². The van der Waals surface area contributed by atoms with Crippen LogP contribution in [-0.2, 0) is 19.5 Å².